The summed E-state index contributed by atoms with van der Waals surface area (Å²) in [4.78, 5) is 27.0. The Labute approximate surface area is 198 Å². The number of amides is 2. The average Bonchev–Trinajstić information content (AvgIpc) is 3.37. The number of carbonyl (C=O) groups excluding carboxylic acids is 2. The number of ether oxygens (including phenoxy) is 1. The average molecular weight is 490 g/mol. The van der Waals surface area contributed by atoms with Crippen molar-refractivity contribution in [1.29, 1.82) is 0 Å². The van der Waals surface area contributed by atoms with E-state index in [9.17, 15) is 22.4 Å². The Kier molecular flexibility index (Phi) is 7.60. The number of carbonyl (C=O) groups is 2. The Bertz CT molecular complexity index is 1130. The van der Waals surface area contributed by atoms with Crippen molar-refractivity contribution in [3.05, 3.63) is 59.9 Å². The molecule has 2 heterocycles. The van der Waals surface area contributed by atoms with Gasteiger partial charge < -0.3 is 15.0 Å². The van der Waals surface area contributed by atoms with E-state index >= 15 is 0 Å². The van der Waals surface area contributed by atoms with Crippen LogP contribution in [0.1, 0.15) is 36.0 Å². The quantitative estimate of drug-likeness (QED) is 0.622. The highest BCUT2D eigenvalue weighted by molar-refractivity contribution is 7.89. The molecule has 2 aliphatic rings. The van der Waals surface area contributed by atoms with Crippen molar-refractivity contribution in [2.24, 2.45) is 5.92 Å². The number of anilines is 1. The zero-order chi connectivity index (χ0) is 24.1. The molecular formula is C24H28FN3O5S. The molecule has 2 aromatic rings. The minimum Gasteiger partial charge on any atom is -0.377 e. The van der Waals surface area contributed by atoms with Crippen LogP contribution in [0.25, 0.3) is 0 Å². The van der Waals surface area contributed by atoms with Crippen LogP contribution in [0.5, 0.6) is 0 Å². The van der Waals surface area contributed by atoms with Gasteiger partial charge in [-0.3, -0.25) is 9.59 Å². The maximum absolute atomic E-state index is 13.4. The number of rotatable bonds is 7. The number of nitrogens with zero attached hydrogens (tertiary/aromatic N) is 1. The monoisotopic (exact) mass is 489 g/mol. The molecule has 8 nitrogen and oxygen atoms in total. The van der Waals surface area contributed by atoms with Crippen molar-refractivity contribution < 1.29 is 27.1 Å². The predicted octanol–water partition coefficient (Wildman–Crippen LogP) is 2.77. The fourth-order valence-corrected chi connectivity index (χ4v) is 5.27. The summed E-state index contributed by atoms with van der Waals surface area (Å²) in [7, 11) is -3.66. The summed E-state index contributed by atoms with van der Waals surface area (Å²) in [6, 6.07) is 11.6. The molecule has 0 spiro atoms. The van der Waals surface area contributed by atoms with E-state index in [0.29, 0.717) is 43.8 Å². The number of piperidine rings is 1. The molecule has 10 heteroatoms. The van der Waals surface area contributed by atoms with Crippen molar-refractivity contribution in [3.8, 4) is 0 Å². The summed E-state index contributed by atoms with van der Waals surface area (Å²) in [5, 5.41) is 2.82. The molecule has 2 aliphatic heterocycles. The Morgan fingerprint density at radius 2 is 1.79 bits per heavy atom. The normalized spacial score (nSPS) is 19.2. The van der Waals surface area contributed by atoms with Gasteiger partial charge in [-0.2, -0.15) is 0 Å². The van der Waals surface area contributed by atoms with Crippen LogP contribution >= 0.6 is 0 Å². The van der Waals surface area contributed by atoms with Crippen molar-refractivity contribution in [2.75, 3.05) is 31.6 Å². The number of halogens is 1. The summed E-state index contributed by atoms with van der Waals surface area (Å²) >= 11 is 0. The zero-order valence-electron chi connectivity index (χ0n) is 18.7. The number of sulfonamides is 1. The molecule has 2 N–H and O–H groups in total. The Morgan fingerprint density at radius 3 is 2.44 bits per heavy atom. The van der Waals surface area contributed by atoms with Crippen molar-refractivity contribution in [3.63, 3.8) is 0 Å². The van der Waals surface area contributed by atoms with E-state index < -0.39 is 15.8 Å². The molecule has 0 radical (unpaired) electrons. The Hall–Kier alpha value is -2.82. The second-order valence-corrected chi connectivity index (χ2v) is 10.3. The van der Waals surface area contributed by atoms with E-state index in [1.807, 2.05) is 0 Å². The molecule has 1 atom stereocenters. The molecule has 2 saturated heterocycles. The maximum atomic E-state index is 13.4. The van der Waals surface area contributed by atoms with Gasteiger partial charge in [0.25, 0.3) is 5.91 Å². The van der Waals surface area contributed by atoms with E-state index in [0.717, 1.165) is 12.8 Å². The minimum absolute atomic E-state index is 0.0936. The second kappa shape index (κ2) is 10.6. The van der Waals surface area contributed by atoms with E-state index in [1.165, 1.54) is 30.3 Å². The molecule has 34 heavy (non-hydrogen) atoms. The number of benzene rings is 2. The third-order valence-electron chi connectivity index (χ3n) is 6.18. The first-order chi connectivity index (χ1) is 16.3. The molecule has 2 aromatic carbocycles. The number of hydrogen-bond acceptors (Lipinski definition) is 5. The van der Waals surface area contributed by atoms with Gasteiger partial charge in [0.2, 0.25) is 15.9 Å². The standard InChI is InChI=1S/C24H28FN3O5S/c25-19-4-1-3-18(15-19)24(30)28-12-10-17(11-13-28)23(29)27-20-6-8-22(9-7-20)34(31,32)26-16-21-5-2-14-33-21/h1,3-4,6-9,15,17,21,26H,2,5,10-14,16H2,(H,27,29). The minimum atomic E-state index is -3.66. The summed E-state index contributed by atoms with van der Waals surface area (Å²) in [6.07, 6.45) is 2.66. The van der Waals surface area contributed by atoms with E-state index in [-0.39, 0.29) is 35.3 Å². The van der Waals surface area contributed by atoms with Crippen LogP contribution < -0.4 is 10.0 Å². The topological polar surface area (TPSA) is 105 Å². The van der Waals surface area contributed by atoms with Crippen LogP contribution in [0.15, 0.2) is 53.4 Å². The number of hydrogen-bond donors (Lipinski definition) is 2. The zero-order valence-corrected chi connectivity index (χ0v) is 19.5. The summed E-state index contributed by atoms with van der Waals surface area (Å²) < 4.78 is 46.3. The molecule has 0 aromatic heterocycles. The molecule has 0 aliphatic carbocycles. The molecule has 182 valence electrons. The SMILES string of the molecule is O=C(Nc1ccc(S(=O)(=O)NCC2CCCO2)cc1)C1CCN(C(=O)c2cccc(F)c2)CC1. The lowest BCUT2D eigenvalue weighted by atomic mass is 9.95. The van der Waals surface area contributed by atoms with Crippen LogP contribution in [-0.4, -0.2) is 57.5 Å². The van der Waals surface area contributed by atoms with E-state index in [1.54, 1.807) is 23.1 Å². The lowest BCUT2D eigenvalue weighted by molar-refractivity contribution is -0.121. The fraction of sp³-hybridized carbons (Fsp3) is 0.417. The summed E-state index contributed by atoms with van der Waals surface area (Å²) in [6.45, 7) is 1.70. The van der Waals surface area contributed by atoms with Crippen LogP contribution in [-0.2, 0) is 19.6 Å². The predicted molar refractivity (Wildman–Crippen MR) is 124 cm³/mol. The van der Waals surface area contributed by atoms with Gasteiger partial charge in [0, 0.05) is 43.4 Å². The lowest BCUT2D eigenvalue weighted by Gasteiger charge is -2.31. The highest BCUT2D eigenvalue weighted by Crippen LogP contribution is 2.22. The summed E-state index contributed by atoms with van der Waals surface area (Å²) in [5.74, 6) is -1.15. The van der Waals surface area contributed by atoms with Crippen LogP contribution in [0.3, 0.4) is 0 Å². The van der Waals surface area contributed by atoms with Gasteiger partial charge in [0.1, 0.15) is 5.82 Å². The highest BCUT2D eigenvalue weighted by Gasteiger charge is 2.28. The highest BCUT2D eigenvalue weighted by atomic mass is 32.2. The third kappa shape index (κ3) is 5.99. The van der Waals surface area contributed by atoms with Crippen LogP contribution in [0.2, 0.25) is 0 Å². The largest absolute Gasteiger partial charge is 0.377 e. The van der Waals surface area contributed by atoms with Crippen LogP contribution in [0, 0.1) is 11.7 Å². The van der Waals surface area contributed by atoms with Gasteiger partial charge in [-0.1, -0.05) is 6.07 Å². The van der Waals surface area contributed by atoms with E-state index in [2.05, 4.69) is 10.0 Å². The van der Waals surface area contributed by atoms with Gasteiger partial charge in [0.15, 0.2) is 0 Å². The van der Waals surface area contributed by atoms with Gasteiger partial charge in [0.05, 0.1) is 11.0 Å². The maximum Gasteiger partial charge on any atom is 0.253 e. The molecule has 0 saturated carbocycles. The molecule has 1 unspecified atom stereocenters. The van der Waals surface area contributed by atoms with Gasteiger partial charge in [-0.25, -0.2) is 17.5 Å². The number of likely N-dealkylation sites (tertiary alicyclic amines) is 1. The second-order valence-electron chi connectivity index (χ2n) is 8.58. The van der Waals surface area contributed by atoms with Crippen molar-refractivity contribution in [1.82, 2.24) is 9.62 Å². The first-order valence-electron chi connectivity index (χ1n) is 11.4. The van der Waals surface area contributed by atoms with Crippen molar-refractivity contribution >= 4 is 27.5 Å². The summed E-state index contributed by atoms with van der Waals surface area (Å²) in [5.41, 5.74) is 0.796. The first-order valence-corrected chi connectivity index (χ1v) is 12.9. The lowest BCUT2D eigenvalue weighted by Crippen LogP contribution is -2.41. The van der Waals surface area contributed by atoms with E-state index in [4.69, 9.17) is 4.74 Å². The smallest absolute Gasteiger partial charge is 0.253 e. The van der Waals surface area contributed by atoms with Gasteiger partial charge in [-0.15, -0.1) is 0 Å². The molecule has 2 fully saturated rings. The van der Waals surface area contributed by atoms with Gasteiger partial charge in [-0.05, 0) is 68.1 Å². The Morgan fingerprint density at radius 1 is 1.06 bits per heavy atom. The Balaban J connectivity index is 1.27. The molecular weight excluding hydrogens is 461 g/mol. The molecule has 0 bridgehead atoms. The first kappa shape index (κ1) is 24.3. The third-order valence-corrected chi connectivity index (χ3v) is 7.62. The van der Waals surface area contributed by atoms with Crippen molar-refractivity contribution in [2.45, 2.75) is 36.7 Å². The van der Waals surface area contributed by atoms with Crippen LogP contribution in [0.4, 0.5) is 10.1 Å². The number of nitrogens with one attached hydrogen (secondary N) is 2. The van der Waals surface area contributed by atoms with Gasteiger partial charge >= 0.3 is 0 Å². The molecule has 4 rings (SSSR count). The fourth-order valence-electron chi connectivity index (χ4n) is 4.20. The molecule has 2 amide bonds.